The van der Waals surface area contributed by atoms with Gasteiger partial charge in [0.2, 0.25) is 0 Å². The van der Waals surface area contributed by atoms with E-state index in [4.69, 9.17) is 10.5 Å². The molecular weight excluding hydrogens is 214 g/mol. The number of pyridine rings is 1. The van der Waals surface area contributed by atoms with Gasteiger partial charge in [0.1, 0.15) is 5.82 Å². The second-order valence-corrected chi connectivity index (χ2v) is 4.19. The second-order valence-electron chi connectivity index (χ2n) is 4.19. The van der Waals surface area contributed by atoms with Crippen LogP contribution in [0.25, 0.3) is 10.9 Å². The summed E-state index contributed by atoms with van der Waals surface area (Å²) in [5, 5.41) is 1.09. The molecule has 0 bridgehead atoms. The zero-order valence-corrected chi connectivity index (χ0v) is 9.60. The maximum Gasteiger partial charge on any atom is 0.129 e. The smallest absolute Gasteiger partial charge is 0.129 e. The van der Waals surface area contributed by atoms with Crippen LogP contribution in [0.4, 0.5) is 11.5 Å². The van der Waals surface area contributed by atoms with E-state index in [1.165, 1.54) is 0 Å². The molecule has 1 aliphatic rings. The summed E-state index contributed by atoms with van der Waals surface area (Å²) in [4.78, 5) is 6.88. The lowest BCUT2D eigenvalue weighted by molar-refractivity contribution is 0.122. The normalized spacial score (nSPS) is 16.4. The van der Waals surface area contributed by atoms with Crippen molar-refractivity contribution < 1.29 is 4.74 Å². The highest BCUT2D eigenvalue weighted by atomic mass is 16.5. The van der Waals surface area contributed by atoms with E-state index in [1.54, 1.807) is 0 Å². The number of aromatic nitrogens is 1. The minimum Gasteiger partial charge on any atom is -0.397 e. The van der Waals surface area contributed by atoms with E-state index in [0.717, 1.165) is 48.7 Å². The highest BCUT2D eigenvalue weighted by Crippen LogP contribution is 2.22. The molecule has 1 aliphatic heterocycles. The first kappa shape index (κ1) is 10.4. The minimum absolute atomic E-state index is 0.734. The predicted octanol–water partition coefficient (Wildman–Crippen LogP) is 1.65. The minimum atomic E-state index is 0.734. The summed E-state index contributed by atoms with van der Waals surface area (Å²) in [6.45, 7) is 3.32. The fourth-order valence-corrected chi connectivity index (χ4v) is 2.13. The molecule has 4 heteroatoms. The van der Waals surface area contributed by atoms with Gasteiger partial charge in [-0.1, -0.05) is 12.1 Å². The number of hydrogen-bond donors (Lipinski definition) is 1. The molecule has 0 spiro atoms. The summed E-state index contributed by atoms with van der Waals surface area (Å²) in [6, 6.07) is 9.99. The average molecular weight is 229 g/mol. The first-order chi connectivity index (χ1) is 8.34. The van der Waals surface area contributed by atoms with E-state index in [9.17, 15) is 0 Å². The van der Waals surface area contributed by atoms with Crippen LogP contribution in [-0.4, -0.2) is 31.3 Å². The highest BCUT2D eigenvalue weighted by molar-refractivity contribution is 5.90. The zero-order valence-electron chi connectivity index (χ0n) is 9.60. The molecule has 2 aromatic rings. The van der Waals surface area contributed by atoms with Gasteiger partial charge in [-0.25, -0.2) is 4.98 Å². The van der Waals surface area contributed by atoms with Gasteiger partial charge in [0, 0.05) is 18.5 Å². The summed E-state index contributed by atoms with van der Waals surface area (Å²) in [6.07, 6.45) is 0. The highest BCUT2D eigenvalue weighted by Gasteiger charge is 2.12. The molecule has 17 heavy (non-hydrogen) atoms. The Morgan fingerprint density at radius 3 is 2.76 bits per heavy atom. The van der Waals surface area contributed by atoms with Gasteiger partial charge in [0.25, 0.3) is 0 Å². The molecule has 2 heterocycles. The SMILES string of the molecule is Nc1cccc2ccc(N3CCOCC3)nc12. The molecule has 0 amide bonds. The number of nitrogens with zero attached hydrogens (tertiary/aromatic N) is 2. The summed E-state index contributed by atoms with van der Waals surface area (Å²) in [5.74, 6) is 0.985. The Hall–Kier alpha value is -1.81. The van der Waals surface area contributed by atoms with E-state index < -0.39 is 0 Å². The van der Waals surface area contributed by atoms with E-state index in [0.29, 0.717) is 0 Å². The summed E-state index contributed by atoms with van der Waals surface area (Å²) < 4.78 is 5.34. The second kappa shape index (κ2) is 4.22. The summed E-state index contributed by atoms with van der Waals surface area (Å²) in [7, 11) is 0. The topological polar surface area (TPSA) is 51.4 Å². The van der Waals surface area contributed by atoms with Gasteiger partial charge in [-0.3, -0.25) is 0 Å². The van der Waals surface area contributed by atoms with Crippen molar-refractivity contribution in [2.24, 2.45) is 0 Å². The third-order valence-electron chi connectivity index (χ3n) is 3.07. The lowest BCUT2D eigenvalue weighted by Gasteiger charge is -2.28. The van der Waals surface area contributed by atoms with Crippen molar-refractivity contribution in [3.05, 3.63) is 30.3 Å². The first-order valence-corrected chi connectivity index (χ1v) is 5.82. The number of nitrogens with two attached hydrogens (primary N) is 1. The zero-order chi connectivity index (χ0) is 11.7. The molecule has 1 aromatic carbocycles. The number of benzene rings is 1. The van der Waals surface area contributed by atoms with Crippen LogP contribution >= 0.6 is 0 Å². The molecule has 0 unspecified atom stereocenters. The number of para-hydroxylation sites is 1. The molecular formula is C13H15N3O. The maximum absolute atomic E-state index is 5.95. The Morgan fingerprint density at radius 1 is 1.12 bits per heavy atom. The fourth-order valence-electron chi connectivity index (χ4n) is 2.13. The van der Waals surface area contributed by atoms with Crippen LogP contribution in [0.3, 0.4) is 0 Å². The van der Waals surface area contributed by atoms with Crippen LogP contribution in [0.2, 0.25) is 0 Å². The number of ether oxygens (including phenoxy) is 1. The number of morpholine rings is 1. The summed E-state index contributed by atoms with van der Waals surface area (Å²) >= 11 is 0. The first-order valence-electron chi connectivity index (χ1n) is 5.82. The lowest BCUT2D eigenvalue weighted by Crippen LogP contribution is -2.36. The van der Waals surface area contributed by atoms with Crippen LogP contribution in [0.5, 0.6) is 0 Å². The molecule has 88 valence electrons. The van der Waals surface area contributed by atoms with Crippen molar-refractivity contribution >= 4 is 22.4 Å². The molecule has 3 rings (SSSR count). The van der Waals surface area contributed by atoms with Gasteiger partial charge in [0.05, 0.1) is 24.4 Å². The Labute approximate surface area is 100.0 Å². The van der Waals surface area contributed by atoms with E-state index in [2.05, 4.69) is 16.0 Å². The molecule has 1 aromatic heterocycles. The summed E-state index contributed by atoms with van der Waals surface area (Å²) in [5.41, 5.74) is 7.57. The largest absolute Gasteiger partial charge is 0.397 e. The molecule has 0 atom stereocenters. The van der Waals surface area contributed by atoms with Crippen LogP contribution in [0, 0.1) is 0 Å². The Balaban J connectivity index is 2.03. The molecule has 0 aliphatic carbocycles. The Kier molecular flexibility index (Phi) is 2.57. The Bertz CT molecular complexity index is 535. The number of anilines is 2. The van der Waals surface area contributed by atoms with Crippen LogP contribution < -0.4 is 10.6 Å². The van der Waals surface area contributed by atoms with Crippen molar-refractivity contribution in [2.75, 3.05) is 36.9 Å². The monoisotopic (exact) mass is 229 g/mol. The van der Waals surface area contributed by atoms with Crippen LogP contribution in [-0.2, 0) is 4.74 Å². The molecule has 0 radical (unpaired) electrons. The van der Waals surface area contributed by atoms with Crippen molar-refractivity contribution in [1.82, 2.24) is 4.98 Å². The number of hydrogen-bond acceptors (Lipinski definition) is 4. The van der Waals surface area contributed by atoms with Crippen molar-refractivity contribution in [2.45, 2.75) is 0 Å². The van der Waals surface area contributed by atoms with Crippen LogP contribution in [0.15, 0.2) is 30.3 Å². The number of nitrogen functional groups attached to an aromatic ring is 1. The molecule has 0 saturated carbocycles. The third kappa shape index (κ3) is 1.91. The van der Waals surface area contributed by atoms with Gasteiger partial charge in [-0.05, 0) is 18.2 Å². The fraction of sp³-hybridized carbons (Fsp3) is 0.308. The van der Waals surface area contributed by atoms with Gasteiger partial charge in [-0.2, -0.15) is 0 Å². The molecule has 4 nitrogen and oxygen atoms in total. The van der Waals surface area contributed by atoms with Crippen molar-refractivity contribution in [3.8, 4) is 0 Å². The van der Waals surface area contributed by atoms with Crippen molar-refractivity contribution in [1.29, 1.82) is 0 Å². The average Bonchev–Trinajstić information content (AvgIpc) is 2.40. The van der Waals surface area contributed by atoms with Gasteiger partial charge >= 0.3 is 0 Å². The van der Waals surface area contributed by atoms with Gasteiger partial charge in [0.15, 0.2) is 0 Å². The lowest BCUT2D eigenvalue weighted by atomic mass is 10.2. The van der Waals surface area contributed by atoms with E-state index >= 15 is 0 Å². The number of rotatable bonds is 1. The predicted molar refractivity (Wildman–Crippen MR) is 69.2 cm³/mol. The standard InChI is InChI=1S/C13H15N3O/c14-11-3-1-2-10-4-5-12(15-13(10)11)16-6-8-17-9-7-16/h1-5H,6-9,14H2. The third-order valence-corrected chi connectivity index (χ3v) is 3.07. The van der Waals surface area contributed by atoms with Gasteiger partial charge in [-0.15, -0.1) is 0 Å². The Morgan fingerprint density at radius 2 is 1.94 bits per heavy atom. The van der Waals surface area contributed by atoms with E-state index in [1.807, 2.05) is 24.3 Å². The quantitative estimate of drug-likeness (QED) is 0.755. The number of fused-ring (bicyclic) bond motifs is 1. The maximum atomic E-state index is 5.95. The van der Waals surface area contributed by atoms with Gasteiger partial charge < -0.3 is 15.4 Å². The molecule has 1 saturated heterocycles. The van der Waals surface area contributed by atoms with Crippen molar-refractivity contribution in [3.63, 3.8) is 0 Å². The molecule has 1 fully saturated rings. The molecule has 2 N–H and O–H groups in total. The van der Waals surface area contributed by atoms with E-state index in [-0.39, 0.29) is 0 Å². The van der Waals surface area contributed by atoms with Crippen LogP contribution in [0.1, 0.15) is 0 Å².